The number of H-pyrrole nitrogens is 2. The zero-order valence-electron chi connectivity index (χ0n) is 12.6. The minimum absolute atomic E-state index is 0.0163. The van der Waals surface area contributed by atoms with Gasteiger partial charge in [0.05, 0.1) is 12.6 Å². The van der Waals surface area contributed by atoms with Crippen molar-refractivity contribution >= 4 is 22.9 Å². The Morgan fingerprint density at radius 3 is 2.74 bits per heavy atom. The predicted molar refractivity (Wildman–Crippen MR) is 89.5 cm³/mol. The largest absolute Gasteiger partial charge is 0.302 e. The molecule has 3 aromatic rings. The van der Waals surface area contributed by atoms with Crippen molar-refractivity contribution in [2.24, 2.45) is 5.10 Å². The molecule has 0 atom stereocenters. The molecule has 2 aromatic carbocycles. The number of rotatable bonds is 4. The number of aromatic nitrogens is 2. The number of nitrogens with one attached hydrogen (secondary N) is 3. The van der Waals surface area contributed by atoms with Crippen molar-refractivity contribution in [1.29, 1.82) is 0 Å². The highest BCUT2D eigenvalue weighted by Gasteiger charge is 2.10. The number of amides is 1. The summed E-state index contributed by atoms with van der Waals surface area (Å²) in [5, 5.41) is 11.3. The van der Waals surface area contributed by atoms with E-state index in [2.05, 4.69) is 20.7 Å². The smallest absolute Gasteiger partial charge is 0.267 e. The molecule has 116 valence electrons. The summed E-state index contributed by atoms with van der Waals surface area (Å²) in [6.07, 6.45) is 1.59. The Kier molecular flexibility index (Phi) is 4.05. The van der Waals surface area contributed by atoms with Crippen LogP contribution in [0.15, 0.2) is 52.4 Å². The van der Waals surface area contributed by atoms with Crippen LogP contribution >= 0.6 is 0 Å². The van der Waals surface area contributed by atoms with Crippen molar-refractivity contribution < 1.29 is 4.79 Å². The van der Waals surface area contributed by atoms with Crippen LogP contribution in [0.1, 0.15) is 16.8 Å². The molecule has 0 fully saturated rings. The molecule has 1 amide bonds. The number of hydrogen-bond donors (Lipinski definition) is 3. The van der Waals surface area contributed by atoms with Gasteiger partial charge in [-0.1, -0.05) is 42.5 Å². The fourth-order valence-corrected chi connectivity index (χ4v) is 2.42. The second kappa shape index (κ2) is 6.31. The molecule has 0 aliphatic rings. The maximum atomic E-state index is 11.9. The van der Waals surface area contributed by atoms with Gasteiger partial charge in [0.2, 0.25) is 5.91 Å². The van der Waals surface area contributed by atoms with Gasteiger partial charge in [-0.2, -0.15) is 5.10 Å². The lowest BCUT2D eigenvalue weighted by Gasteiger charge is -2.02. The van der Waals surface area contributed by atoms with Gasteiger partial charge in [-0.25, -0.2) is 5.43 Å². The monoisotopic (exact) mass is 308 g/mol. The van der Waals surface area contributed by atoms with Crippen molar-refractivity contribution in [3.05, 3.63) is 69.6 Å². The molecule has 0 bridgehead atoms. The van der Waals surface area contributed by atoms with E-state index in [1.807, 2.05) is 42.5 Å². The predicted octanol–water partition coefficient (Wildman–Crippen LogP) is 1.86. The van der Waals surface area contributed by atoms with E-state index in [0.29, 0.717) is 11.3 Å². The molecule has 1 heterocycles. The molecule has 6 nitrogen and oxygen atoms in total. The van der Waals surface area contributed by atoms with Gasteiger partial charge in [-0.3, -0.25) is 14.7 Å². The summed E-state index contributed by atoms with van der Waals surface area (Å²) in [6, 6.07) is 13.8. The van der Waals surface area contributed by atoms with E-state index in [-0.39, 0.29) is 17.9 Å². The van der Waals surface area contributed by atoms with Crippen LogP contribution in [0.3, 0.4) is 0 Å². The second-order valence-electron chi connectivity index (χ2n) is 5.22. The highest BCUT2D eigenvalue weighted by atomic mass is 16.2. The van der Waals surface area contributed by atoms with Crippen LogP contribution in [0.2, 0.25) is 0 Å². The zero-order chi connectivity index (χ0) is 16.2. The van der Waals surface area contributed by atoms with Gasteiger partial charge < -0.3 is 5.10 Å². The molecule has 0 unspecified atom stereocenters. The van der Waals surface area contributed by atoms with Crippen LogP contribution in [0, 0.1) is 6.92 Å². The van der Waals surface area contributed by atoms with E-state index in [4.69, 9.17) is 0 Å². The Bertz CT molecular complexity index is 932. The lowest BCUT2D eigenvalue weighted by Crippen LogP contribution is -2.23. The maximum absolute atomic E-state index is 11.9. The van der Waals surface area contributed by atoms with Crippen LogP contribution in [0.5, 0.6) is 0 Å². The molecule has 0 aliphatic carbocycles. The Morgan fingerprint density at radius 2 is 1.96 bits per heavy atom. The van der Waals surface area contributed by atoms with Gasteiger partial charge >= 0.3 is 0 Å². The van der Waals surface area contributed by atoms with Crippen LogP contribution in [0.4, 0.5) is 0 Å². The molecule has 1 aromatic heterocycles. The average Bonchev–Trinajstić information content (AvgIpc) is 2.87. The standard InChI is InChI=1S/C17H16N4O2/c1-11-15(17(23)21-19-11)9-16(22)20-18-10-13-7-4-6-12-5-2-3-8-14(12)13/h2-8,10H,9H2,1H3,(H,20,22)(H2,19,21,23)/b18-10-. The number of fused-ring (bicyclic) bond motifs is 1. The van der Waals surface area contributed by atoms with E-state index in [0.717, 1.165) is 16.3 Å². The van der Waals surface area contributed by atoms with Gasteiger partial charge in [0.25, 0.3) is 5.56 Å². The van der Waals surface area contributed by atoms with Crippen molar-refractivity contribution in [3.8, 4) is 0 Å². The summed E-state index contributed by atoms with van der Waals surface area (Å²) in [5.74, 6) is -0.338. The third kappa shape index (κ3) is 3.21. The van der Waals surface area contributed by atoms with Crippen molar-refractivity contribution in [3.63, 3.8) is 0 Å². The number of aryl methyl sites for hydroxylation is 1. The summed E-state index contributed by atoms with van der Waals surface area (Å²) in [6.45, 7) is 1.74. The number of carbonyl (C=O) groups is 1. The lowest BCUT2D eigenvalue weighted by molar-refractivity contribution is -0.120. The molecule has 23 heavy (non-hydrogen) atoms. The van der Waals surface area contributed by atoms with E-state index in [1.54, 1.807) is 13.1 Å². The van der Waals surface area contributed by atoms with Gasteiger partial charge in [0, 0.05) is 16.8 Å². The fraction of sp³-hybridized carbons (Fsp3) is 0.118. The minimum Gasteiger partial charge on any atom is -0.302 e. The molecule has 6 heteroatoms. The van der Waals surface area contributed by atoms with Crippen molar-refractivity contribution in [1.82, 2.24) is 15.6 Å². The topological polar surface area (TPSA) is 90.1 Å². The Labute approximate surface area is 132 Å². The number of carbonyl (C=O) groups excluding carboxylic acids is 1. The molecule has 0 spiro atoms. The van der Waals surface area contributed by atoms with Gasteiger partial charge in [0.15, 0.2) is 0 Å². The Morgan fingerprint density at radius 1 is 1.17 bits per heavy atom. The lowest BCUT2D eigenvalue weighted by atomic mass is 10.1. The molecule has 3 N–H and O–H groups in total. The van der Waals surface area contributed by atoms with Gasteiger partial charge in [-0.05, 0) is 17.7 Å². The number of hydrogen-bond acceptors (Lipinski definition) is 3. The van der Waals surface area contributed by atoms with Crippen molar-refractivity contribution in [2.75, 3.05) is 0 Å². The highest BCUT2D eigenvalue weighted by molar-refractivity contribution is 5.99. The Hall–Kier alpha value is -3.15. The zero-order valence-corrected chi connectivity index (χ0v) is 12.6. The first kappa shape index (κ1) is 14.8. The quantitative estimate of drug-likeness (QED) is 0.507. The first-order valence-corrected chi connectivity index (χ1v) is 7.21. The average molecular weight is 308 g/mol. The van der Waals surface area contributed by atoms with Crippen LogP contribution < -0.4 is 11.0 Å². The summed E-state index contributed by atoms with van der Waals surface area (Å²) >= 11 is 0. The number of hydrazone groups is 1. The van der Waals surface area contributed by atoms with Crippen molar-refractivity contribution in [2.45, 2.75) is 13.3 Å². The first-order chi connectivity index (χ1) is 11.1. The molecule has 0 saturated carbocycles. The maximum Gasteiger partial charge on any atom is 0.267 e. The van der Waals surface area contributed by atoms with E-state index in [1.165, 1.54) is 0 Å². The molecular formula is C17H16N4O2. The van der Waals surface area contributed by atoms with Gasteiger partial charge in [-0.15, -0.1) is 0 Å². The third-order valence-corrected chi connectivity index (χ3v) is 3.64. The molecule has 0 radical (unpaired) electrons. The highest BCUT2D eigenvalue weighted by Crippen LogP contribution is 2.16. The minimum atomic E-state index is -0.338. The van der Waals surface area contributed by atoms with Gasteiger partial charge in [0.1, 0.15) is 0 Å². The first-order valence-electron chi connectivity index (χ1n) is 7.21. The molecule has 0 saturated heterocycles. The summed E-state index contributed by atoms with van der Waals surface area (Å²) < 4.78 is 0. The second-order valence-corrected chi connectivity index (χ2v) is 5.22. The van der Waals surface area contributed by atoms with Crippen LogP contribution in [-0.4, -0.2) is 22.3 Å². The number of nitrogens with zero attached hydrogens (tertiary/aromatic N) is 1. The summed E-state index contributed by atoms with van der Waals surface area (Å²) in [4.78, 5) is 23.4. The summed E-state index contributed by atoms with van der Waals surface area (Å²) in [5.41, 5.74) is 4.16. The number of benzene rings is 2. The number of aromatic amines is 2. The molecule has 0 aliphatic heterocycles. The summed E-state index contributed by atoms with van der Waals surface area (Å²) in [7, 11) is 0. The van der Waals surface area contributed by atoms with E-state index < -0.39 is 0 Å². The van der Waals surface area contributed by atoms with Crippen LogP contribution in [0.25, 0.3) is 10.8 Å². The molecular weight excluding hydrogens is 292 g/mol. The SMILES string of the molecule is Cc1[nH][nH]c(=O)c1CC(=O)N/N=C\c1cccc2ccccc12. The van der Waals surface area contributed by atoms with E-state index >= 15 is 0 Å². The fourth-order valence-electron chi connectivity index (χ4n) is 2.42. The van der Waals surface area contributed by atoms with E-state index in [9.17, 15) is 9.59 Å². The normalized spacial score (nSPS) is 11.2. The van der Waals surface area contributed by atoms with Crippen LogP contribution in [-0.2, 0) is 11.2 Å². The molecule has 3 rings (SSSR count). The Balaban J connectivity index is 1.71. The third-order valence-electron chi connectivity index (χ3n) is 3.64.